The molecule has 0 fully saturated rings. The van der Waals surface area contributed by atoms with Crippen LogP contribution in [0.5, 0.6) is 0 Å². The van der Waals surface area contributed by atoms with Gasteiger partial charge in [0.25, 0.3) is 0 Å². The van der Waals surface area contributed by atoms with Crippen LogP contribution in [0.3, 0.4) is 0 Å². The van der Waals surface area contributed by atoms with E-state index in [-0.39, 0.29) is 0 Å². The molecule has 2 N–H and O–H groups in total. The lowest BCUT2D eigenvalue weighted by Gasteiger charge is -2.10. The van der Waals surface area contributed by atoms with Crippen LogP contribution in [0.4, 0.5) is 18.9 Å². The van der Waals surface area contributed by atoms with Gasteiger partial charge in [0, 0.05) is 11.9 Å². The number of nitrogens with one attached hydrogen (secondary N) is 1. The summed E-state index contributed by atoms with van der Waals surface area (Å²) in [4.78, 5) is 22.9. The Hall–Kier alpha value is -2.84. The van der Waals surface area contributed by atoms with E-state index in [1.807, 2.05) is 0 Å². The normalized spacial score (nSPS) is 12.7. The Morgan fingerprint density at radius 2 is 2.04 bits per heavy atom. The number of aliphatic carboxylic acids is 1. The summed E-state index contributed by atoms with van der Waals surface area (Å²) in [5, 5.41) is 14.8. The fourth-order valence-electron chi connectivity index (χ4n) is 1.98. The second-order valence-corrected chi connectivity index (χ2v) is 5.13. The third-order valence-corrected chi connectivity index (χ3v) is 3.28. The second-order valence-electron chi connectivity index (χ2n) is 5.13. The lowest BCUT2D eigenvalue weighted by Crippen LogP contribution is -2.20. The van der Waals surface area contributed by atoms with E-state index < -0.39 is 36.2 Å². The van der Waals surface area contributed by atoms with Crippen molar-refractivity contribution in [2.24, 2.45) is 0 Å². The third kappa shape index (κ3) is 4.34. The van der Waals surface area contributed by atoms with Gasteiger partial charge in [-0.3, -0.25) is 14.3 Å². The molecule has 0 radical (unpaired) electrons. The lowest BCUT2D eigenvalue weighted by atomic mass is 10.0. The van der Waals surface area contributed by atoms with Gasteiger partial charge in [0.2, 0.25) is 5.91 Å². The molecular formula is C15H14F3N3O3. The van der Waals surface area contributed by atoms with Crippen LogP contribution in [-0.2, 0) is 22.3 Å². The number of rotatable bonds is 5. The van der Waals surface area contributed by atoms with E-state index >= 15 is 0 Å². The Bertz CT molecular complexity index is 756. The van der Waals surface area contributed by atoms with Gasteiger partial charge in [0.15, 0.2) is 5.69 Å². The van der Waals surface area contributed by atoms with Gasteiger partial charge in [0.1, 0.15) is 6.54 Å². The van der Waals surface area contributed by atoms with Gasteiger partial charge < -0.3 is 10.4 Å². The van der Waals surface area contributed by atoms with Crippen LogP contribution >= 0.6 is 0 Å². The molecule has 1 unspecified atom stereocenters. The molecule has 0 spiro atoms. The fraction of sp³-hybridized carbons (Fsp3) is 0.267. The molecule has 1 amide bonds. The number of amides is 1. The molecule has 0 bridgehead atoms. The maximum Gasteiger partial charge on any atom is 0.435 e. The van der Waals surface area contributed by atoms with Gasteiger partial charge in [-0.1, -0.05) is 12.1 Å². The summed E-state index contributed by atoms with van der Waals surface area (Å²) >= 11 is 0. The minimum Gasteiger partial charge on any atom is -0.481 e. The van der Waals surface area contributed by atoms with Crippen molar-refractivity contribution in [2.75, 3.05) is 5.32 Å². The number of hydrogen-bond acceptors (Lipinski definition) is 3. The number of nitrogens with zero attached hydrogens (tertiary/aromatic N) is 2. The number of anilines is 1. The molecule has 1 aromatic carbocycles. The van der Waals surface area contributed by atoms with Crippen LogP contribution in [0.1, 0.15) is 24.1 Å². The number of benzene rings is 1. The molecule has 1 atom stereocenters. The molecule has 9 heteroatoms. The first kappa shape index (κ1) is 17.5. The van der Waals surface area contributed by atoms with Crippen LogP contribution in [0, 0.1) is 0 Å². The highest BCUT2D eigenvalue weighted by molar-refractivity contribution is 5.90. The van der Waals surface area contributed by atoms with Gasteiger partial charge >= 0.3 is 12.1 Å². The smallest absolute Gasteiger partial charge is 0.435 e. The summed E-state index contributed by atoms with van der Waals surface area (Å²) in [5.74, 6) is -2.33. The van der Waals surface area contributed by atoms with Crippen molar-refractivity contribution in [1.82, 2.24) is 9.78 Å². The van der Waals surface area contributed by atoms with Gasteiger partial charge in [-0.25, -0.2) is 0 Å². The van der Waals surface area contributed by atoms with Crippen molar-refractivity contribution >= 4 is 17.6 Å². The summed E-state index contributed by atoms with van der Waals surface area (Å²) in [5.41, 5.74) is -0.222. The monoisotopic (exact) mass is 341 g/mol. The Labute approximate surface area is 134 Å². The van der Waals surface area contributed by atoms with E-state index in [9.17, 15) is 22.8 Å². The number of halogens is 3. The number of carbonyl (C=O) groups is 2. The molecule has 6 nitrogen and oxygen atoms in total. The fourth-order valence-corrected chi connectivity index (χ4v) is 1.98. The minimum absolute atomic E-state index is 0.355. The van der Waals surface area contributed by atoms with Crippen LogP contribution in [0.25, 0.3) is 0 Å². The van der Waals surface area contributed by atoms with E-state index in [1.54, 1.807) is 18.2 Å². The Kier molecular flexibility index (Phi) is 4.91. The predicted octanol–water partition coefficient (Wildman–Crippen LogP) is 2.73. The highest BCUT2D eigenvalue weighted by atomic mass is 19.4. The molecule has 1 aromatic heterocycles. The summed E-state index contributed by atoms with van der Waals surface area (Å²) < 4.78 is 38.2. The first-order valence-electron chi connectivity index (χ1n) is 6.90. The highest BCUT2D eigenvalue weighted by Crippen LogP contribution is 2.27. The average molecular weight is 341 g/mol. The van der Waals surface area contributed by atoms with Crippen molar-refractivity contribution in [3.63, 3.8) is 0 Å². The molecule has 0 saturated carbocycles. The Morgan fingerprint density at radius 1 is 1.33 bits per heavy atom. The van der Waals surface area contributed by atoms with Gasteiger partial charge in [-0.05, 0) is 30.7 Å². The van der Waals surface area contributed by atoms with Crippen molar-refractivity contribution < 1.29 is 27.9 Å². The standard InChI is InChI=1S/C15H14F3N3O3/c1-9(14(23)24)10-3-2-4-11(7-10)19-13(22)8-21-6-5-12(20-21)15(16,17)18/h2-7,9H,8H2,1H3,(H,19,22)(H,23,24). The summed E-state index contributed by atoms with van der Waals surface area (Å²) in [6.07, 6.45) is -3.51. The van der Waals surface area contributed by atoms with E-state index in [4.69, 9.17) is 5.11 Å². The minimum atomic E-state index is -4.57. The zero-order valence-corrected chi connectivity index (χ0v) is 12.5. The summed E-state index contributed by atoms with van der Waals surface area (Å²) in [7, 11) is 0. The molecule has 1 heterocycles. The molecule has 24 heavy (non-hydrogen) atoms. The SMILES string of the molecule is CC(C(=O)O)c1cccc(NC(=O)Cn2ccc(C(F)(F)F)n2)c1. The van der Waals surface area contributed by atoms with Crippen LogP contribution in [-0.4, -0.2) is 26.8 Å². The Morgan fingerprint density at radius 3 is 2.62 bits per heavy atom. The molecule has 128 valence electrons. The van der Waals surface area contributed by atoms with E-state index in [2.05, 4.69) is 10.4 Å². The van der Waals surface area contributed by atoms with Crippen molar-refractivity contribution in [1.29, 1.82) is 0 Å². The van der Waals surface area contributed by atoms with Gasteiger partial charge in [-0.15, -0.1) is 0 Å². The third-order valence-electron chi connectivity index (χ3n) is 3.28. The molecule has 0 aliphatic carbocycles. The number of alkyl halides is 3. The zero-order valence-electron chi connectivity index (χ0n) is 12.5. The van der Waals surface area contributed by atoms with Crippen LogP contribution in [0.15, 0.2) is 36.5 Å². The molecule has 2 rings (SSSR count). The lowest BCUT2D eigenvalue weighted by molar-refractivity contribution is -0.141. The summed E-state index contributed by atoms with van der Waals surface area (Å²) in [6.45, 7) is 1.11. The largest absolute Gasteiger partial charge is 0.481 e. The number of carbonyl (C=O) groups excluding carboxylic acids is 1. The molecule has 2 aromatic rings. The second kappa shape index (κ2) is 6.73. The van der Waals surface area contributed by atoms with E-state index in [1.165, 1.54) is 13.0 Å². The molecule has 0 aliphatic heterocycles. The number of aromatic nitrogens is 2. The van der Waals surface area contributed by atoms with E-state index in [0.717, 1.165) is 16.9 Å². The maximum absolute atomic E-state index is 12.4. The van der Waals surface area contributed by atoms with Crippen LogP contribution < -0.4 is 5.32 Å². The zero-order chi connectivity index (χ0) is 17.9. The van der Waals surface area contributed by atoms with Gasteiger partial charge in [-0.2, -0.15) is 18.3 Å². The maximum atomic E-state index is 12.4. The average Bonchev–Trinajstić information content (AvgIpc) is 2.95. The van der Waals surface area contributed by atoms with E-state index in [0.29, 0.717) is 11.3 Å². The predicted molar refractivity (Wildman–Crippen MR) is 78.4 cm³/mol. The van der Waals surface area contributed by atoms with Crippen molar-refractivity contribution in [3.05, 3.63) is 47.8 Å². The number of carboxylic acid groups (broad SMARTS) is 1. The first-order chi connectivity index (χ1) is 11.2. The van der Waals surface area contributed by atoms with Crippen molar-refractivity contribution in [2.45, 2.75) is 25.6 Å². The topological polar surface area (TPSA) is 84.2 Å². The molecular weight excluding hydrogens is 327 g/mol. The van der Waals surface area contributed by atoms with Crippen LogP contribution in [0.2, 0.25) is 0 Å². The molecule has 0 saturated heterocycles. The summed E-state index contributed by atoms with van der Waals surface area (Å²) in [6, 6.07) is 7.03. The number of carboxylic acids is 1. The quantitative estimate of drug-likeness (QED) is 0.876. The first-order valence-corrected chi connectivity index (χ1v) is 6.90. The molecule has 0 aliphatic rings. The van der Waals surface area contributed by atoms with Gasteiger partial charge in [0.05, 0.1) is 5.92 Å². The van der Waals surface area contributed by atoms with Crippen molar-refractivity contribution in [3.8, 4) is 0 Å². The highest BCUT2D eigenvalue weighted by Gasteiger charge is 2.33. The number of hydrogen-bond donors (Lipinski definition) is 2. The Balaban J connectivity index is 2.04.